The molecular weight excluding hydrogens is 253 g/mol. The molecule has 0 spiro atoms. The van der Waals surface area contributed by atoms with Gasteiger partial charge in [0.2, 0.25) is 5.82 Å². The third-order valence-corrected chi connectivity index (χ3v) is 2.87. The van der Waals surface area contributed by atoms with Crippen LogP contribution < -0.4 is 10.4 Å². The fraction of sp³-hybridized carbons (Fsp3) is 0.333. The number of phenolic OH excluding ortho intramolecular Hbond substituents is 1. The van der Waals surface area contributed by atoms with Crippen molar-refractivity contribution < 1.29 is 14.2 Å². The van der Waals surface area contributed by atoms with Gasteiger partial charge in [0.25, 0.3) is 0 Å². The Hall–Kier alpha value is -2.31. The van der Waals surface area contributed by atoms with Gasteiger partial charge < -0.3 is 9.84 Å². The second kappa shape index (κ2) is 5.13. The second-order valence-corrected chi connectivity index (χ2v) is 4.03. The minimum Gasteiger partial charge on any atom is -0.505 e. The van der Waals surface area contributed by atoms with Gasteiger partial charge in [0.15, 0.2) is 17.3 Å². The Kier molecular flexibility index (Phi) is 3.55. The van der Waals surface area contributed by atoms with E-state index in [1.54, 1.807) is 6.07 Å². The van der Waals surface area contributed by atoms with Gasteiger partial charge in [-0.1, -0.05) is 13.0 Å². The highest BCUT2D eigenvalue weighted by molar-refractivity contribution is 5.41. The maximum absolute atomic E-state index is 13.8. The zero-order valence-corrected chi connectivity index (χ0v) is 10.6. The average Bonchev–Trinajstić information content (AvgIpc) is 2.72. The van der Waals surface area contributed by atoms with Crippen LogP contribution in [0.3, 0.4) is 0 Å². The number of phenols is 1. The molecule has 0 unspecified atom stereocenters. The van der Waals surface area contributed by atoms with Gasteiger partial charge in [0, 0.05) is 7.05 Å². The highest BCUT2D eigenvalue weighted by Crippen LogP contribution is 2.30. The molecule has 0 aliphatic heterocycles. The number of aromatic hydroxyl groups is 1. The van der Waals surface area contributed by atoms with Gasteiger partial charge in [-0.05, 0) is 18.1 Å². The number of nitrogens with zero attached hydrogens (tertiary/aromatic N) is 2. The van der Waals surface area contributed by atoms with E-state index in [4.69, 9.17) is 4.74 Å². The van der Waals surface area contributed by atoms with Crippen LogP contribution in [0.1, 0.15) is 18.3 Å². The molecule has 7 heteroatoms. The van der Waals surface area contributed by atoms with Crippen molar-refractivity contribution in [3.63, 3.8) is 0 Å². The molecule has 2 N–H and O–H groups in total. The van der Waals surface area contributed by atoms with Gasteiger partial charge in [-0.15, -0.1) is 0 Å². The summed E-state index contributed by atoms with van der Waals surface area (Å²) in [4.78, 5) is 11.1. The van der Waals surface area contributed by atoms with E-state index in [9.17, 15) is 14.3 Å². The van der Waals surface area contributed by atoms with E-state index in [2.05, 4.69) is 10.2 Å². The third-order valence-electron chi connectivity index (χ3n) is 2.87. The number of ether oxygens (including phenoxy) is 1. The van der Waals surface area contributed by atoms with E-state index in [-0.39, 0.29) is 18.0 Å². The van der Waals surface area contributed by atoms with Crippen LogP contribution in [0.5, 0.6) is 11.5 Å². The van der Waals surface area contributed by atoms with Gasteiger partial charge in [-0.25, -0.2) is 9.89 Å². The number of aryl methyl sites for hydroxylation is 1. The van der Waals surface area contributed by atoms with E-state index < -0.39 is 11.6 Å². The molecule has 0 aliphatic rings. The number of halogens is 1. The summed E-state index contributed by atoms with van der Waals surface area (Å²) in [6.07, 6.45) is 0.525. The molecule has 0 amide bonds. The van der Waals surface area contributed by atoms with Crippen molar-refractivity contribution in [1.29, 1.82) is 0 Å². The number of nitrogens with one attached hydrogen (secondary N) is 1. The number of benzene rings is 1. The van der Waals surface area contributed by atoms with Crippen LogP contribution in [0.15, 0.2) is 16.9 Å². The minimum atomic E-state index is -0.806. The number of aromatic nitrogens is 3. The first-order valence-corrected chi connectivity index (χ1v) is 5.78. The molecule has 0 radical (unpaired) electrons. The van der Waals surface area contributed by atoms with E-state index in [1.807, 2.05) is 6.92 Å². The highest BCUT2D eigenvalue weighted by Gasteiger charge is 2.13. The van der Waals surface area contributed by atoms with Crippen LogP contribution >= 0.6 is 0 Å². The number of H-pyrrole nitrogens is 1. The first kappa shape index (κ1) is 13.1. The van der Waals surface area contributed by atoms with E-state index >= 15 is 0 Å². The Morgan fingerprint density at radius 2 is 2.26 bits per heavy atom. The molecule has 1 aromatic carbocycles. The summed E-state index contributed by atoms with van der Waals surface area (Å²) in [6, 6.07) is 3.04. The van der Waals surface area contributed by atoms with Crippen molar-refractivity contribution in [3.05, 3.63) is 39.8 Å². The molecule has 0 saturated carbocycles. The first-order valence-electron chi connectivity index (χ1n) is 5.78. The van der Waals surface area contributed by atoms with E-state index in [1.165, 1.54) is 17.7 Å². The SMILES string of the molecule is CCc1ccc(OCc2n[nH]c(=O)n2C)c(F)c1O. The molecule has 102 valence electrons. The normalized spacial score (nSPS) is 10.7. The van der Waals surface area contributed by atoms with Crippen molar-refractivity contribution in [2.75, 3.05) is 0 Å². The third kappa shape index (κ3) is 2.44. The number of hydrogen-bond acceptors (Lipinski definition) is 4. The quantitative estimate of drug-likeness (QED) is 0.869. The van der Waals surface area contributed by atoms with Crippen molar-refractivity contribution in [2.24, 2.45) is 7.05 Å². The molecule has 0 aliphatic carbocycles. The first-order chi connectivity index (χ1) is 9.04. The fourth-order valence-electron chi connectivity index (χ4n) is 1.63. The second-order valence-electron chi connectivity index (χ2n) is 4.03. The van der Waals surface area contributed by atoms with Crippen LogP contribution in [0.2, 0.25) is 0 Å². The molecule has 0 bridgehead atoms. The van der Waals surface area contributed by atoms with Crippen LogP contribution in [-0.4, -0.2) is 19.9 Å². The summed E-state index contributed by atoms with van der Waals surface area (Å²) in [7, 11) is 1.53. The van der Waals surface area contributed by atoms with Crippen molar-refractivity contribution in [1.82, 2.24) is 14.8 Å². The lowest BCUT2D eigenvalue weighted by atomic mass is 10.1. The zero-order chi connectivity index (χ0) is 14.0. The van der Waals surface area contributed by atoms with E-state index in [0.717, 1.165) is 0 Å². The number of hydrogen-bond donors (Lipinski definition) is 2. The maximum atomic E-state index is 13.8. The minimum absolute atomic E-state index is 0.0723. The van der Waals surface area contributed by atoms with Gasteiger partial charge in [-0.2, -0.15) is 9.49 Å². The predicted molar refractivity (Wildman–Crippen MR) is 65.6 cm³/mol. The van der Waals surface area contributed by atoms with Crippen LogP contribution in [-0.2, 0) is 20.1 Å². The van der Waals surface area contributed by atoms with Gasteiger partial charge in [0.05, 0.1) is 0 Å². The Bertz CT molecular complexity index is 648. The lowest BCUT2D eigenvalue weighted by Crippen LogP contribution is -2.15. The lowest BCUT2D eigenvalue weighted by molar-refractivity contribution is 0.271. The standard InChI is InChI=1S/C12H14FN3O3/c1-3-7-4-5-8(10(13)11(7)17)19-6-9-14-15-12(18)16(9)2/h4-5,17H,3,6H2,1-2H3,(H,15,18). The van der Waals surface area contributed by atoms with Gasteiger partial charge >= 0.3 is 5.69 Å². The zero-order valence-electron chi connectivity index (χ0n) is 10.6. The Labute approximate surface area is 108 Å². The molecule has 6 nitrogen and oxygen atoms in total. The van der Waals surface area contributed by atoms with Crippen molar-refractivity contribution in [2.45, 2.75) is 20.0 Å². The summed E-state index contributed by atoms with van der Waals surface area (Å²) < 4.78 is 20.3. The Balaban J connectivity index is 2.18. The maximum Gasteiger partial charge on any atom is 0.343 e. The Morgan fingerprint density at radius 3 is 2.84 bits per heavy atom. The molecular formula is C12H14FN3O3. The molecule has 0 atom stereocenters. The summed E-state index contributed by atoms with van der Waals surface area (Å²) in [5, 5.41) is 15.6. The summed E-state index contributed by atoms with van der Waals surface area (Å²) >= 11 is 0. The topological polar surface area (TPSA) is 80.1 Å². The van der Waals surface area contributed by atoms with Crippen molar-refractivity contribution >= 4 is 0 Å². The smallest absolute Gasteiger partial charge is 0.343 e. The van der Waals surface area contributed by atoms with Crippen LogP contribution in [0.25, 0.3) is 0 Å². The largest absolute Gasteiger partial charge is 0.505 e. The van der Waals surface area contributed by atoms with Crippen LogP contribution in [0, 0.1) is 5.82 Å². The van der Waals surface area contributed by atoms with E-state index in [0.29, 0.717) is 17.8 Å². The highest BCUT2D eigenvalue weighted by atomic mass is 19.1. The number of rotatable bonds is 4. The molecule has 2 aromatic rings. The molecule has 2 rings (SSSR count). The fourth-order valence-corrected chi connectivity index (χ4v) is 1.63. The summed E-state index contributed by atoms with van der Waals surface area (Å²) in [5.74, 6) is -0.954. The average molecular weight is 267 g/mol. The molecule has 0 saturated heterocycles. The molecule has 1 aromatic heterocycles. The summed E-state index contributed by atoms with van der Waals surface area (Å²) in [5.41, 5.74) is 0.139. The summed E-state index contributed by atoms with van der Waals surface area (Å²) in [6.45, 7) is 1.74. The van der Waals surface area contributed by atoms with Crippen molar-refractivity contribution in [3.8, 4) is 11.5 Å². The van der Waals surface area contributed by atoms with Crippen LogP contribution in [0.4, 0.5) is 4.39 Å². The number of aromatic amines is 1. The molecule has 19 heavy (non-hydrogen) atoms. The molecule has 1 heterocycles. The lowest BCUT2D eigenvalue weighted by Gasteiger charge is -2.09. The molecule has 0 fully saturated rings. The van der Waals surface area contributed by atoms with Gasteiger partial charge in [-0.3, -0.25) is 4.57 Å². The van der Waals surface area contributed by atoms with Gasteiger partial charge in [0.1, 0.15) is 6.61 Å². The predicted octanol–water partition coefficient (Wildman–Crippen LogP) is 1.09. The monoisotopic (exact) mass is 267 g/mol. The Morgan fingerprint density at radius 1 is 1.53 bits per heavy atom.